The maximum atomic E-state index is 13.6. The van der Waals surface area contributed by atoms with E-state index in [4.69, 9.17) is 4.74 Å². The van der Waals surface area contributed by atoms with Crippen molar-refractivity contribution in [1.29, 1.82) is 0 Å². The summed E-state index contributed by atoms with van der Waals surface area (Å²) in [7, 11) is 0. The number of nitrogens with one attached hydrogen (secondary N) is 2. The zero-order valence-corrected chi connectivity index (χ0v) is 25.8. The number of carbonyl (C=O) groups is 3. The number of thiophene rings is 1. The quantitative estimate of drug-likeness (QED) is 0.204. The van der Waals surface area contributed by atoms with Gasteiger partial charge in [-0.2, -0.15) is 0 Å². The van der Waals surface area contributed by atoms with Crippen molar-refractivity contribution in [2.24, 2.45) is 5.92 Å². The Kier molecular flexibility index (Phi) is 12.0. The zero-order valence-electron chi connectivity index (χ0n) is 24.9. The number of hydrogen-bond acceptors (Lipinski definition) is 5. The molecule has 2 aromatic rings. The van der Waals surface area contributed by atoms with E-state index in [0.29, 0.717) is 41.0 Å². The van der Waals surface area contributed by atoms with Gasteiger partial charge in [-0.05, 0) is 70.4 Å². The molecule has 220 valence electrons. The lowest BCUT2D eigenvalue weighted by atomic mass is 9.90. The minimum Gasteiger partial charge on any atom is -0.456 e. The lowest BCUT2D eigenvalue weighted by Gasteiger charge is -2.32. The Bertz CT molecular complexity index is 1120. The number of urea groups is 1. The smallest absolute Gasteiger partial charge is 0.341 e. The normalized spacial score (nSPS) is 14.2. The molecule has 0 spiro atoms. The Morgan fingerprint density at radius 3 is 2.30 bits per heavy atom. The van der Waals surface area contributed by atoms with E-state index < -0.39 is 11.6 Å². The fourth-order valence-electron chi connectivity index (χ4n) is 5.07. The molecule has 1 aliphatic rings. The van der Waals surface area contributed by atoms with Crippen molar-refractivity contribution in [2.45, 2.75) is 98.0 Å². The first-order valence-electron chi connectivity index (χ1n) is 14.8. The van der Waals surface area contributed by atoms with Crippen molar-refractivity contribution >= 4 is 34.2 Å². The standard InChI is InChI=1S/C32H47N3O4S/c1-6-7-8-9-10-14-19-33-31(38)34-28-26(30(37)39-32(3,4)5)23(2)27(40-28)29(36)35-20-17-25(18-21-35)22-24-15-12-11-13-16-24/h11-13,15-16,25H,6-10,14,17-22H2,1-5H3,(H2,33,34,38). The van der Waals surface area contributed by atoms with Crippen LogP contribution in [0, 0.1) is 12.8 Å². The number of unbranched alkanes of at least 4 members (excludes halogenated alkanes) is 5. The Hall–Kier alpha value is -2.87. The Labute approximate surface area is 244 Å². The van der Waals surface area contributed by atoms with Gasteiger partial charge in [0.15, 0.2) is 0 Å². The summed E-state index contributed by atoms with van der Waals surface area (Å²) in [6.45, 7) is 11.3. The summed E-state index contributed by atoms with van der Waals surface area (Å²) in [4.78, 5) is 41.9. The lowest BCUT2D eigenvalue weighted by molar-refractivity contribution is 0.00705. The van der Waals surface area contributed by atoms with Gasteiger partial charge >= 0.3 is 12.0 Å². The number of ether oxygens (including phenoxy) is 1. The monoisotopic (exact) mass is 569 g/mol. The number of likely N-dealkylation sites (tertiary alicyclic amines) is 1. The van der Waals surface area contributed by atoms with Gasteiger partial charge in [-0.3, -0.25) is 10.1 Å². The number of piperidine rings is 1. The topological polar surface area (TPSA) is 87.7 Å². The van der Waals surface area contributed by atoms with E-state index in [9.17, 15) is 14.4 Å². The van der Waals surface area contributed by atoms with E-state index in [-0.39, 0.29) is 17.5 Å². The summed E-state index contributed by atoms with van der Waals surface area (Å²) >= 11 is 1.16. The van der Waals surface area contributed by atoms with Crippen molar-refractivity contribution in [3.8, 4) is 0 Å². The molecular formula is C32H47N3O4S. The molecule has 1 fully saturated rings. The Morgan fingerprint density at radius 1 is 1.00 bits per heavy atom. The second-order valence-corrected chi connectivity index (χ2v) is 12.9. The first kappa shape index (κ1) is 31.7. The lowest BCUT2D eigenvalue weighted by Crippen LogP contribution is -2.38. The first-order valence-corrected chi connectivity index (χ1v) is 15.7. The molecule has 0 saturated carbocycles. The van der Waals surface area contributed by atoms with Gasteiger partial charge < -0.3 is 15.0 Å². The molecule has 3 amide bonds. The highest BCUT2D eigenvalue weighted by Gasteiger charge is 2.32. The summed E-state index contributed by atoms with van der Waals surface area (Å²) in [6, 6.07) is 10.1. The number of esters is 1. The van der Waals surface area contributed by atoms with Crippen LogP contribution in [-0.2, 0) is 11.2 Å². The van der Waals surface area contributed by atoms with Crippen molar-refractivity contribution < 1.29 is 19.1 Å². The maximum Gasteiger partial charge on any atom is 0.341 e. The van der Waals surface area contributed by atoms with Crippen molar-refractivity contribution in [1.82, 2.24) is 10.2 Å². The summed E-state index contributed by atoms with van der Waals surface area (Å²) in [5.41, 5.74) is 1.45. The van der Waals surface area contributed by atoms with Crippen LogP contribution in [0.2, 0.25) is 0 Å². The molecule has 2 heterocycles. The molecule has 0 atom stereocenters. The van der Waals surface area contributed by atoms with Crippen LogP contribution in [0.5, 0.6) is 0 Å². The van der Waals surface area contributed by atoms with Crippen molar-refractivity contribution in [3.63, 3.8) is 0 Å². The SMILES string of the molecule is CCCCCCCCNC(=O)Nc1sc(C(=O)N2CCC(Cc3ccccc3)CC2)c(C)c1C(=O)OC(C)(C)C. The predicted molar refractivity (Wildman–Crippen MR) is 163 cm³/mol. The average molecular weight is 570 g/mol. The fourth-order valence-corrected chi connectivity index (χ4v) is 6.22. The van der Waals surface area contributed by atoms with Crippen molar-refractivity contribution in [3.05, 3.63) is 51.9 Å². The molecule has 40 heavy (non-hydrogen) atoms. The third-order valence-corrected chi connectivity index (χ3v) is 8.45. The molecule has 1 aliphatic heterocycles. The number of nitrogens with zero attached hydrogens (tertiary/aromatic N) is 1. The van der Waals surface area contributed by atoms with Gasteiger partial charge in [0, 0.05) is 19.6 Å². The maximum absolute atomic E-state index is 13.6. The largest absolute Gasteiger partial charge is 0.456 e. The molecule has 8 heteroatoms. The highest BCUT2D eigenvalue weighted by Crippen LogP contribution is 2.36. The van der Waals surface area contributed by atoms with Gasteiger partial charge in [0.25, 0.3) is 5.91 Å². The average Bonchev–Trinajstić information content (AvgIpc) is 3.23. The molecule has 0 aliphatic carbocycles. The second-order valence-electron chi connectivity index (χ2n) is 11.8. The first-order chi connectivity index (χ1) is 19.1. The number of carbonyl (C=O) groups excluding carboxylic acids is 3. The molecule has 7 nitrogen and oxygen atoms in total. The van der Waals surface area contributed by atoms with E-state index in [0.717, 1.165) is 43.4 Å². The van der Waals surface area contributed by atoms with E-state index in [1.807, 2.05) is 11.0 Å². The van der Waals surface area contributed by atoms with Crippen molar-refractivity contribution in [2.75, 3.05) is 25.0 Å². The van der Waals surface area contributed by atoms with Gasteiger partial charge in [0.2, 0.25) is 0 Å². The van der Waals surface area contributed by atoms with E-state index in [1.165, 1.54) is 31.2 Å². The molecular weight excluding hydrogens is 522 g/mol. The number of amides is 3. The summed E-state index contributed by atoms with van der Waals surface area (Å²) in [5, 5.41) is 6.09. The Balaban J connectivity index is 1.66. The van der Waals surface area contributed by atoms with Gasteiger partial charge in [-0.1, -0.05) is 69.4 Å². The third kappa shape index (κ3) is 9.65. The molecule has 1 saturated heterocycles. The predicted octanol–water partition coefficient (Wildman–Crippen LogP) is 7.59. The minimum atomic E-state index is -0.701. The number of benzene rings is 1. The van der Waals surface area contributed by atoms with Gasteiger partial charge in [-0.25, -0.2) is 9.59 Å². The zero-order chi connectivity index (χ0) is 29.1. The molecule has 0 bridgehead atoms. The summed E-state index contributed by atoms with van der Waals surface area (Å²) in [6.07, 6.45) is 9.71. The van der Waals surface area contributed by atoms with E-state index >= 15 is 0 Å². The van der Waals surface area contributed by atoms with E-state index in [2.05, 4.69) is 41.8 Å². The van der Waals surface area contributed by atoms with Gasteiger partial charge in [-0.15, -0.1) is 11.3 Å². The molecule has 0 unspecified atom stereocenters. The second kappa shape index (κ2) is 15.2. The van der Waals surface area contributed by atoms with Crippen LogP contribution in [0.15, 0.2) is 30.3 Å². The summed E-state index contributed by atoms with van der Waals surface area (Å²) in [5.74, 6) is -0.0834. The highest BCUT2D eigenvalue weighted by molar-refractivity contribution is 7.18. The van der Waals surface area contributed by atoms with Crippen LogP contribution in [0.1, 0.15) is 110 Å². The van der Waals surface area contributed by atoms with Gasteiger partial charge in [0.05, 0.1) is 10.4 Å². The molecule has 1 aromatic heterocycles. The minimum absolute atomic E-state index is 0.0917. The van der Waals surface area contributed by atoms with Crippen LogP contribution >= 0.6 is 11.3 Å². The van der Waals surface area contributed by atoms with E-state index in [1.54, 1.807) is 27.7 Å². The number of hydrogen-bond donors (Lipinski definition) is 2. The van der Waals surface area contributed by atoms with Gasteiger partial charge in [0.1, 0.15) is 10.6 Å². The highest BCUT2D eigenvalue weighted by atomic mass is 32.1. The molecule has 0 radical (unpaired) electrons. The fraction of sp³-hybridized carbons (Fsp3) is 0.594. The van der Waals surface area contributed by atoms with Crippen LogP contribution in [0.4, 0.5) is 9.80 Å². The molecule has 2 N–H and O–H groups in total. The Morgan fingerprint density at radius 2 is 1.65 bits per heavy atom. The number of rotatable bonds is 12. The van der Waals surface area contributed by atoms with Crippen LogP contribution in [-0.4, -0.2) is 48.0 Å². The molecule has 1 aromatic carbocycles. The van der Waals surface area contributed by atoms with Crippen LogP contribution < -0.4 is 10.6 Å². The van der Waals surface area contributed by atoms with Crippen LogP contribution in [0.25, 0.3) is 0 Å². The number of anilines is 1. The van der Waals surface area contributed by atoms with Crippen LogP contribution in [0.3, 0.4) is 0 Å². The summed E-state index contributed by atoms with van der Waals surface area (Å²) < 4.78 is 5.65. The molecule has 3 rings (SSSR count). The third-order valence-electron chi connectivity index (χ3n) is 7.26.